The molecule has 2 N–H and O–H groups in total. The molecule has 3 nitrogen and oxygen atoms in total. The molecule has 1 fully saturated rings. The second kappa shape index (κ2) is 4.17. The highest BCUT2D eigenvalue weighted by Gasteiger charge is 2.42. The van der Waals surface area contributed by atoms with Gasteiger partial charge in [0.25, 0.3) is 0 Å². The van der Waals surface area contributed by atoms with Crippen LogP contribution in [0.5, 0.6) is 0 Å². The average Bonchev–Trinajstić information content (AvgIpc) is 2.02. The number of rotatable bonds is 3. The molecule has 0 aromatic rings. The van der Waals surface area contributed by atoms with E-state index in [4.69, 9.17) is 4.74 Å². The first kappa shape index (κ1) is 12.0. The molecule has 0 aromatic heterocycles. The van der Waals surface area contributed by atoms with Gasteiger partial charge in [-0.2, -0.15) is 0 Å². The van der Waals surface area contributed by atoms with Crippen molar-refractivity contribution >= 4 is 0 Å². The first-order valence-electron chi connectivity index (χ1n) is 5.49. The van der Waals surface area contributed by atoms with Gasteiger partial charge in [0, 0.05) is 18.9 Å². The number of aliphatic hydroxyl groups is 1. The smallest absolute Gasteiger partial charge is 0.0846 e. The summed E-state index contributed by atoms with van der Waals surface area (Å²) in [6, 6.07) is 0.135. The Bertz CT molecular complexity index is 194. The summed E-state index contributed by atoms with van der Waals surface area (Å²) in [5.74, 6) is 0. The number of ether oxygens (including phenoxy) is 1. The van der Waals surface area contributed by atoms with Gasteiger partial charge >= 0.3 is 0 Å². The molecule has 2 unspecified atom stereocenters. The van der Waals surface area contributed by atoms with E-state index in [1.54, 1.807) is 0 Å². The van der Waals surface area contributed by atoms with Gasteiger partial charge in [0.05, 0.1) is 17.8 Å². The summed E-state index contributed by atoms with van der Waals surface area (Å²) in [6.45, 7) is 9.73. The molecule has 0 saturated carbocycles. The van der Waals surface area contributed by atoms with Gasteiger partial charge in [-0.15, -0.1) is 0 Å². The molecule has 1 heterocycles. The minimum absolute atomic E-state index is 0.135. The van der Waals surface area contributed by atoms with Crippen LogP contribution in [0.2, 0.25) is 0 Å². The van der Waals surface area contributed by atoms with E-state index in [2.05, 4.69) is 12.2 Å². The van der Waals surface area contributed by atoms with Crippen LogP contribution in [0.25, 0.3) is 0 Å². The second-order valence-electron chi connectivity index (χ2n) is 4.92. The monoisotopic (exact) mass is 201 g/mol. The Morgan fingerprint density at radius 2 is 2.14 bits per heavy atom. The predicted molar refractivity (Wildman–Crippen MR) is 57.4 cm³/mol. The maximum Gasteiger partial charge on any atom is 0.0846 e. The Labute approximate surface area is 86.8 Å². The molecule has 0 bridgehead atoms. The second-order valence-corrected chi connectivity index (χ2v) is 4.92. The molecular formula is C11H23NO2. The number of nitrogens with one attached hydrogen (secondary N) is 1. The van der Waals surface area contributed by atoms with Crippen LogP contribution >= 0.6 is 0 Å². The molecular weight excluding hydrogens is 178 g/mol. The number of likely N-dealkylation sites (N-methyl/N-ethyl adjacent to an activating group) is 1. The molecule has 1 aliphatic heterocycles. The standard InChI is InChI=1S/C11H23NO2/c1-5-12-9(2)11(13)6-7-14-10(3,4)8-11/h9,12-13H,5-8H2,1-4H3. The van der Waals surface area contributed by atoms with Crippen LogP contribution in [0.1, 0.15) is 40.5 Å². The van der Waals surface area contributed by atoms with Crippen molar-refractivity contribution < 1.29 is 9.84 Å². The van der Waals surface area contributed by atoms with Crippen LogP contribution in [0.15, 0.2) is 0 Å². The van der Waals surface area contributed by atoms with E-state index in [0.29, 0.717) is 13.0 Å². The summed E-state index contributed by atoms with van der Waals surface area (Å²) in [4.78, 5) is 0. The zero-order valence-electron chi connectivity index (χ0n) is 9.76. The summed E-state index contributed by atoms with van der Waals surface area (Å²) in [6.07, 6.45) is 1.43. The summed E-state index contributed by atoms with van der Waals surface area (Å²) in [5.41, 5.74) is -0.811. The molecule has 2 atom stereocenters. The van der Waals surface area contributed by atoms with Crippen LogP contribution in [-0.4, -0.2) is 35.5 Å². The van der Waals surface area contributed by atoms with Gasteiger partial charge in [0.1, 0.15) is 0 Å². The van der Waals surface area contributed by atoms with E-state index in [1.807, 2.05) is 20.8 Å². The van der Waals surface area contributed by atoms with E-state index >= 15 is 0 Å². The molecule has 14 heavy (non-hydrogen) atoms. The highest BCUT2D eigenvalue weighted by Crippen LogP contribution is 2.34. The molecule has 0 aromatic carbocycles. The fraction of sp³-hybridized carbons (Fsp3) is 1.00. The fourth-order valence-corrected chi connectivity index (χ4v) is 2.25. The van der Waals surface area contributed by atoms with E-state index in [1.165, 1.54) is 0 Å². The van der Waals surface area contributed by atoms with Gasteiger partial charge in [-0.3, -0.25) is 0 Å². The van der Waals surface area contributed by atoms with Gasteiger partial charge in [0.2, 0.25) is 0 Å². The molecule has 1 rings (SSSR count). The maximum atomic E-state index is 10.5. The van der Waals surface area contributed by atoms with Crippen molar-refractivity contribution in [2.45, 2.75) is 57.8 Å². The highest BCUT2D eigenvalue weighted by molar-refractivity contribution is 4.96. The Morgan fingerprint density at radius 1 is 1.50 bits per heavy atom. The van der Waals surface area contributed by atoms with E-state index in [-0.39, 0.29) is 11.6 Å². The minimum Gasteiger partial charge on any atom is -0.388 e. The largest absolute Gasteiger partial charge is 0.388 e. The third kappa shape index (κ3) is 2.69. The third-order valence-electron chi connectivity index (χ3n) is 3.08. The summed E-state index contributed by atoms with van der Waals surface area (Å²) in [5, 5.41) is 13.8. The van der Waals surface area contributed by atoms with E-state index in [0.717, 1.165) is 13.0 Å². The molecule has 0 radical (unpaired) electrons. The van der Waals surface area contributed by atoms with Crippen LogP contribution in [0.4, 0.5) is 0 Å². The summed E-state index contributed by atoms with van der Waals surface area (Å²) >= 11 is 0. The lowest BCUT2D eigenvalue weighted by Crippen LogP contribution is -2.56. The number of hydrogen-bond acceptors (Lipinski definition) is 3. The van der Waals surface area contributed by atoms with Gasteiger partial charge in [-0.1, -0.05) is 6.92 Å². The van der Waals surface area contributed by atoms with Crippen molar-refractivity contribution in [1.29, 1.82) is 0 Å². The molecule has 3 heteroatoms. The zero-order chi connectivity index (χ0) is 10.8. The lowest BCUT2D eigenvalue weighted by atomic mass is 9.79. The Kier molecular flexibility index (Phi) is 3.56. The van der Waals surface area contributed by atoms with Crippen molar-refractivity contribution in [3.63, 3.8) is 0 Å². The Hall–Kier alpha value is -0.120. The first-order chi connectivity index (χ1) is 6.40. The fourth-order valence-electron chi connectivity index (χ4n) is 2.25. The SMILES string of the molecule is CCNC(C)C1(O)CCOC(C)(C)C1. The van der Waals surface area contributed by atoms with E-state index in [9.17, 15) is 5.11 Å². The van der Waals surface area contributed by atoms with Gasteiger partial charge in [-0.25, -0.2) is 0 Å². The van der Waals surface area contributed by atoms with Gasteiger partial charge in [-0.05, 0) is 27.3 Å². The highest BCUT2D eigenvalue weighted by atomic mass is 16.5. The predicted octanol–water partition coefficient (Wildman–Crippen LogP) is 1.30. The van der Waals surface area contributed by atoms with Crippen LogP contribution in [0, 0.1) is 0 Å². The maximum absolute atomic E-state index is 10.5. The molecule has 0 amide bonds. The number of hydrogen-bond donors (Lipinski definition) is 2. The van der Waals surface area contributed by atoms with Crippen LogP contribution < -0.4 is 5.32 Å². The van der Waals surface area contributed by atoms with Crippen molar-refractivity contribution in [2.24, 2.45) is 0 Å². The third-order valence-corrected chi connectivity index (χ3v) is 3.08. The van der Waals surface area contributed by atoms with Crippen LogP contribution in [0.3, 0.4) is 0 Å². The van der Waals surface area contributed by atoms with E-state index < -0.39 is 5.60 Å². The molecule has 0 aliphatic carbocycles. The normalized spacial score (nSPS) is 34.1. The lowest BCUT2D eigenvalue weighted by Gasteiger charge is -2.44. The molecule has 1 saturated heterocycles. The Morgan fingerprint density at radius 3 is 2.64 bits per heavy atom. The van der Waals surface area contributed by atoms with Crippen molar-refractivity contribution in [1.82, 2.24) is 5.32 Å². The molecule has 84 valence electrons. The summed E-state index contributed by atoms with van der Waals surface area (Å²) < 4.78 is 5.60. The van der Waals surface area contributed by atoms with Crippen LogP contribution in [-0.2, 0) is 4.74 Å². The quantitative estimate of drug-likeness (QED) is 0.723. The van der Waals surface area contributed by atoms with Crippen molar-refractivity contribution in [2.75, 3.05) is 13.2 Å². The molecule has 0 spiro atoms. The molecule has 1 aliphatic rings. The van der Waals surface area contributed by atoms with Crippen molar-refractivity contribution in [3.05, 3.63) is 0 Å². The zero-order valence-corrected chi connectivity index (χ0v) is 9.76. The topological polar surface area (TPSA) is 41.5 Å². The Balaban J connectivity index is 2.63. The average molecular weight is 201 g/mol. The van der Waals surface area contributed by atoms with Gasteiger partial charge in [0.15, 0.2) is 0 Å². The summed E-state index contributed by atoms with van der Waals surface area (Å²) in [7, 11) is 0. The first-order valence-corrected chi connectivity index (χ1v) is 5.49. The van der Waals surface area contributed by atoms with Gasteiger partial charge < -0.3 is 15.2 Å². The lowest BCUT2D eigenvalue weighted by molar-refractivity contribution is -0.154. The minimum atomic E-state index is -0.613. The van der Waals surface area contributed by atoms with Crippen molar-refractivity contribution in [3.8, 4) is 0 Å².